The van der Waals surface area contributed by atoms with Crippen LogP contribution in [0, 0.1) is 13.8 Å². The van der Waals surface area contributed by atoms with Gasteiger partial charge in [0.1, 0.15) is 0 Å². The first kappa shape index (κ1) is 19.2. The Kier molecular flexibility index (Phi) is 5.66. The minimum Gasteiger partial charge on any atom is -0.383 e. The number of ketones is 1. The second-order valence-electron chi connectivity index (χ2n) is 7.27. The summed E-state index contributed by atoms with van der Waals surface area (Å²) >= 11 is 0. The number of anilines is 1. The van der Waals surface area contributed by atoms with E-state index in [-0.39, 0.29) is 11.8 Å². The molecule has 0 saturated heterocycles. The predicted molar refractivity (Wildman–Crippen MR) is 112 cm³/mol. The molecule has 0 bridgehead atoms. The summed E-state index contributed by atoms with van der Waals surface area (Å²) in [5.41, 5.74) is 3.94. The normalized spacial score (nSPS) is 12.3. The van der Waals surface area contributed by atoms with Crippen molar-refractivity contribution in [2.45, 2.75) is 26.8 Å². The van der Waals surface area contributed by atoms with Gasteiger partial charge in [0.25, 0.3) is 0 Å². The molecular formula is C23H28N2O2. The number of aromatic nitrogens is 1. The molecule has 0 saturated carbocycles. The quantitative estimate of drug-likeness (QED) is 0.566. The lowest BCUT2D eigenvalue weighted by molar-refractivity contribution is 0.0999. The molecule has 1 aromatic heterocycles. The number of benzene rings is 2. The van der Waals surface area contributed by atoms with Crippen LogP contribution in [0.3, 0.4) is 0 Å². The number of carbonyl (C=O) groups excluding carboxylic acids is 1. The van der Waals surface area contributed by atoms with E-state index in [2.05, 4.69) is 41.8 Å². The van der Waals surface area contributed by atoms with Crippen molar-refractivity contribution in [3.63, 3.8) is 0 Å². The van der Waals surface area contributed by atoms with Crippen LogP contribution in [0.25, 0.3) is 10.8 Å². The third-order valence-corrected chi connectivity index (χ3v) is 5.19. The highest BCUT2D eigenvalue weighted by molar-refractivity contribution is 6.00. The summed E-state index contributed by atoms with van der Waals surface area (Å²) in [7, 11) is 3.67. The first-order chi connectivity index (χ1) is 12.9. The topological polar surface area (TPSA) is 34.5 Å². The number of hydrogen-bond donors (Lipinski definition) is 0. The molecule has 0 aliphatic heterocycles. The number of carbonyl (C=O) groups is 1. The monoisotopic (exact) mass is 364 g/mol. The van der Waals surface area contributed by atoms with E-state index in [4.69, 9.17) is 4.74 Å². The van der Waals surface area contributed by atoms with Crippen molar-refractivity contribution >= 4 is 22.2 Å². The van der Waals surface area contributed by atoms with Gasteiger partial charge in [0.05, 0.1) is 19.2 Å². The van der Waals surface area contributed by atoms with E-state index < -0.39 is 0 Å². The summed E-state index contributed by atoms with van der Waals surface area (Å²) in [6.45, 7) is 7.15. The standard InChI is InChI=1S/C23H28N2O2/c1-16-12-22(18(3)25(16)17(2)15-27-5)23(26)14-24(4)21-11-10-19-8-6-7-9-20(19)13-21/h6-13,17H,14-15H2,1-5H3/t17-/m0/s1. The van der Waals surface area contributed by atoms with E-state index in [1.807, 2.05) is 44.0 Å². The highest BCUT2D eigenvalue weighted by atomic mass is 16.5. The summed E-state index contributed by atoms with van der Waals surface area (Å²) in [6.07, 6.45) is 0. The maximum absolute atomic E-state index is 13.0. The molecule has 3 aromatic rings. The van der Waals surface area contributed by atoms with Crippen molar-refractivity contribution in [2.75, 3.05) is 32.2 Å². The zero-order chi connectivity index (χ0) is 19.6. The molecule has 0 amide bonds. The Morgan fingerprint density at radius 1 is 1.11 bits per heavy atom. The van der Waals surface area contributed by atoms with Gasteiger partial charge in [-0.15, -0.1) is 0 Å². The van der Waals surface area contributed by atoms with Crippen molar-refractivity contribution in [3.05, 3.63) is 65.5 Å². The molecule has 1 heterocycles. The summed E-state index contributed by atoms with van der Waals surface area (Å²) in [5.74, 6) is 0.134. The zero-order valence-electron chi connectivity index (χ0n) is 16.8. The molecule has 0 aliphatic carbocycles. The molecule has 3 rings (SSSR count). The molecular weight excluding hydrogens is 336 g/mol. The summed E-state index contributed by atoms with van der Waals surface area (Å²) in [6, 6.07) is 16.8. The number of aryl methyl sites for hydroxylation is 1. The van der Waals surface area contributed by atoms with Crippen LogP contribution in [-0.2, 0) is 4.74 Å². The molecule has 4 heteroatoms. The van der Waals surface area contributed by atoms with E-state index in [1.165, 1.54) is 10.8 Å². The molecule has 2 aromatic carbocycles. The van der Waals surface area contributed by atoms with Crippen LogP contribution in [0.5, 0.6) is 0 Å². The first-order valence-corrected chi connectivity index (χ1v) is 9.33. The Labute approximate surface area is 161 Å². The Balaban J connectivity index is 1.81. The van der Waals surface area contributed by atoms with E-state index in [1.54, 1.807) is 7.11 Å². The van der Waals surface area contributed by atoms with Gasteiger partial charge in [0, 0.05) is 36.8 Å². The number of rotatable bonds is 7. The SMILES string of the molecule is COC[C@H](C)n1c(C)cc(C(=O)CN(C)c2ccc3ccccc3c2)c1C. The van der Waals surface area contributed by atoms with E-state index in [9.17, 15) is 4.79 Å². The van der Waals surface area contributed by atoms with Gasteiger partial charge in [-0.1, -0.05) is 30.3 Å². The fourth-order valence-electron chi connectivity index (χ4n) is 3.86. The fraction of sp³-hybridized carbons (Fsp3) is 0.348. The minimum absolute atomic E-state index is 0.134. The summed E-state index contributed by atoms with van der Waals surface area (Å²) < 4.78 is 7.47. The van der Waals surface area contributed by atoms with Gasteiger partial charge >= 0.3 is 0 Å². The summed E-state index contributed by atoms with van der Waals surface area (Å²) in [4.78, 5) is 15.0. The smallest absolute Gasteiger partial charge is 0.183 e. The predicted octanol–water partition coefficient (Wildman–Crippen LogP) is 4.78. The van der Waals surface area contributed by atoms with Crippen molar-refractivity contribution in [2.24, 2.45) is 0 Å². The number of nitrogens with zero attached hydrogens (tertiary/aromatic N) is 2. The second kappa shape index (κ2) is 7.97. The molecule has 0 N–H and O–H groups in total. The molecule has 0 unspecified atom stereocenters. The van der Waals surface area contributed by atoms with E-state index >= 15 is 0 Å². The van der Waals surface area contributed by atoms with E-state index in [0.29, 0.717) is 13.2 Å². The van der Waals surface area contributed by atoms with Gasteiger partial charge in [-0.3, -0.25) is 4.79 Å². The fourth-order valence-corrected chi connectivity index (χ4v) is 3.86. The largest absolute Gasteiger partial charge is 0.383 e. The van der Waals surface area contributed by atoms with Crippen LogP contribution in [0.4, 0.5) is 5.69 Å². The number of fused-ring (bicyclic) bond motifs is 1. The van der Waals surface area contributed by atoms with Crippen molar-refractivity contribution in [3.8, 4) is 0 Å². The third-order valence-electron chi connectivity index (χ3n) is 5.19. The van der Waals surface area contributed by atoms with Crippen LogP contribution in [0.15, 0.2) is 48.5 Å². The average molecular weight is 364 g/mol. The molecule has 0 aliphatic rings. The van der Waals surface area contributed by atoms with Gasteiger partial charge < -0.3 is 14.2 Å². The second-order valence-corrected chi connectivity index (χ2v) is 7.27. The number of methoxy groups -OCH3 is 1. The van der Waals surface area contributed by atoms with Crippen molar-refractivity contribution in [1.29, 1.82) is 0 Å². The maximum atomic E-state index is 13.0. The van der Waals surface area contributed by atoms with Gasteiger partial charge in [0.15, 0.2) is 5.78 Å². The highest BCUT2D eigenvalue weighted by Crippen LogP contribution is 2.24. The Bertz CT molecular complexity index is 958. The Morgan fingerprint density at radius 2 is 1.81 bits per heavy atom. The van der Waals surface area contributed by atoms with Crippen molar-refractivity contribution < 1.29 is 9.53 Å². The Morgan fingerprint density at radius 3 is 2.52 bits per heavy atom. The third kappa shape index (κ3) is 3.91. The summed E-state index contributed by atoms with van der Waals surface area (Å²) in [5, 5.41) is 2.39. The molecule has 1 atom stereocenters. The van der Waals surface area contributed by atoms with Crippen LogP contribution in [0.2, 0.25) is 0 Å². The highest BCUT2D eigenvalue weighted by Gasteiger charge is 2.20. The van der Waals surface area contributed by atoms with Crippen LogP contribution >= 0.6 is 0 Å². The number of likely N-dealkylation sites (N-methyl/N-ethyl adjacent to an activating group) is 1. The maximum Gasteiger partial charge on any atom is 0.183 e. The van der Waals surface area contributed by atoms with Gasteiger partial charge in [-0.2, -0.15) is 0 Å². The minimum atomic E-state index is 0.134. The van der Waals surface area contributed by atoms with Gasteiger partial charge in [-0.25, -0.2) is 0 Å². The van der Waals surface area contributed by atoms with Crippen LogP contribution < -0.4 is 4.90 Å². The molecule has 0 fully saturated rings. The number of ether oxygens (including phenoxy) is 1. The lowest BCUT2D eigenvalue weighted by atomic mass is 10.1. The zero-order valence-corrected chi connectivity index (χ0v) is 16.8. The van der Waals surface area contributed by atoms with Gasteiger partial charge in [0.2, 0.25) is 0 Å². The molecule has 4 nitrogen and oxygen atoms in total. The van der Waals surface area contributed by atoms with Crippen LogP contribution in [-0.4, -0.2) is 37.7 Å². The Hall–Kier alpha value is -2.59. The number of hydrogen-bond acceptors (Lipinski definition) is 3. The molecule has 142 valence electrons. The first-order valence-electron chi connectivity index (χ1n) is 9.33. The average Bonchev–Trinajstić information content (AvgIpc) is 2.95. The van der Waals surface area contributed by atoms with E-state index in [0.717, 1.165) is 22.6 Å². The van der Waals surface area contributed by atoms with Gasteiger partial charge in [-0.05, 0) is 49.7 Å². The lowest BCUT2D eigenvalue weighted by Crippen LogP contribution is -2.26. The van der Waals surface area contributed by atoms with Crippen LogP contribution in [0.1, 0.15) is 34.7 Å². The molecule has 0 spiro atoms. The van der Waals surface area contributed by atoms with Crippen molar-refractivity contribution in [1.82, 2.24) is 4.57 Å². The lowest BCUT2D eigenvalue weighted by Gasteiger charge is -2.20. The number of Topliss-reactive ketones (excluding diaryl/α,β-unsaturated/α-hetero) is 1. The molecule has 0 radical (unpaired) electrons. The molecule has 27 heavy (non-hydrogen) atoms.